The summed E-state index contributed by atoms with van der Waals surface area (Å²) in [5, 5.41) is 3.05. The van der Waals surface area contributed by atoms with Crippen molar-refractivity contribution >= 4 is 5.91 Å². The van der Waals surface area contributed by atoms with Crippen molar-refractivity contribution in [3.63, 3.8) is 0 Å². The van der Waals surface area contributed by atoms with E-state index in [2.05, 4.69) is 17.1 Å². The third-order valence-corrected chi connectivity index (χ3v) is 5.47. The fraction of sp³-hybridized carbons (Fsp3) is 0.941. The Bertz CT molecular complexity index is 431. The standard InChI is InChI=1S/C17H30F3N3O/c1-4-22-8-5-13(6-9-22)21-15(24)11-23-10-7-14(17(18,19)20)16(2,3)12-23/h13-14H,4-12H2,1-3H3,(H,21,24). The number of hydrogen-bond donors (Lipinski definition) is 1. The molecule has 24 heavy (non-hydrogen) atoms. The van der Waals surface area contributed by atoms with Crippen molar-refractivity contribution in [3.05, 3.63) is 0 Å². The van der Waals surface area contributed by atoms with Crippen LogP contribution >= 0.6 is 0 Å². The third kappa shape index (κ3) is 5.09. The zero-order chi connectivity index (χ0) is 18.0. The van der Waals surface area contributed by atoms with Crippen LogP contribution in [0.2, 0.25) is 0 Å². The van der Waals surface area contributed by atoms with E-state index in [4.69, 9.17) is 0 Å². The first-order valence-electron chi connectivity index (χ1n) is 8.92. The molecular formula is C17H30F3N3O. The number of carbonyl (C=O) groups is 1. The van der Waals surface area contributed by atoms with Crippen LogP contribution in [0.15, 0.2) is 0 Å². The molecule has 0 bridgehead atoms. The molecule has 2 heterocycles. The van der Waals surface area contributed by atoms with E-state index in [9.17, 15) is 18.0 Å². The first kappa shape index (κ1) is 19.5. The van der Waals surface area contributed by atoms with Crippen LogP contribution in [-0.2, 0) is 4.79 Å². The summed E-state index contributed by atoms with van der Waals surface area (Å²) in [6.45, 7) is 9.27. The molecule has 2 rings (SSSR count). The number of alkyl halides is 3. The van der Waals surface area contributed by atoms with Gasteiger partial charge in [0.1, 0.15) is 0 Å². The first-order chi connectivity index (χ1) is 11.1. The summed E-state index contributed by atoms with van der Waals surface area (Å²) < 4.78 is 39.3. The highest BCUT2D eigenvalue weighted by Gasteiger charge is 2.51. The predicted octanol–water partition coefficient (Wildman–Crippen LogP) is 2.50. The summed E-state index contributed by atoms with van der Waals surface area (Å²) >= 11 is 0. The SMILES string of the molecule is CCN1CCC(NC(=O)CN2CCC(C(F)(F)F)C(C)(C)C2)CC1. The number of likely N-dealkylation sites (tertiary alicyclic amines) is 2. The second-order valence-corrected chi connectivity index (χ2v) is 7.86. The molecule has 0 aromatic carbocycles. The number of nitrogens with one attached hydrogen (secondary N) is 1. The Hall–Kier alpha value is -0.820. The maximum absolute atomic E-state index is 13.1. The minimum Gasteiger partial charge on any atom is -0.352 e. The molecule has 2 fully saturated rings. The monoisotopic (exact) mass is 349 g/mol. The third-order valence-electron chi connectivity index (χ3n) is 5.47. The molecular weight excluding hydrogens is 319 g/mol. The molecule has 140 valence electrons. The van der Waals surface area contributed by atoms with Crippen molar-refractivity contribution in [2.24, 2.45) is 11.3 Å². The number of amides is 1. The normalized spacial score (nSPS) is 27.2. The van der Waals surface area contributed by atoms with Gasteiger partial charge in [-0.2, -0.15) is 13.2 Å². The molecule has 7 heteroatoms. The summed E-state index contributed by atoms with van der Waals surface area (Å²) in [5.41, 5.74) is -0.858. The van der Waals surface area contributed by atoms with Crippen LogP contribution in [0.3, 0.4) is 0 Å². The summed E-state index contributed by atoms with van der Waals surface area (Å²) in [5.74, 6) is -1.35. The lowest BCUT2D eigenvalue weighted by Gasteiger charge is -2.44. The predicted molar refractivity (Wildman–Crippen MR) is 87.7 cm³/mol. The highest BCUT2D eigenvalue weighted by Crippen LogP contribution is 2.44. The molecule has 1 atom stereocenters. The molecule has 1 N–H and O–H groups in total. The van der Waals surface area contributed by atoms with E-state index < -0.39 is 17.5 Å². The van der Waals surface area contributed by atoms with Gasteiger partial charge in [0, 0.05) is 25.7 Å². The number of halogens is 3. The fourth-order valence-electron chi connectivity index (χ4n) is 4.08. The van der Waals surface area contributed by atoms with Gasteiger partial charge in [-0.25, -0.2) is 0 Å². The van der Waals surface area contributed by atoms with Crippen molar-refractivity contribution in [1.29, 1.82) is 0 Å². The molecule has 0 saturated carbocycles. The van der Waals surface area contributed by atoms with Crippen molar-refractivity contribution in [2.75, 3.05) is 39.3 Å². The Morgan fingerprint density at radius 1 is 1.12 bits per heavy atom. The largest absolute Gasteiger partial charge is 0.392 e. The summed E-state index contributed by atoms with van der Waals surface area (Å²) in [4.78, 5) is 16.4. The topological polar surface area (TPSA) is 35.6 Å². The van der Waals surface area contributed by atoms with E-state index in [1.165, 1.54) is 0 Å². The van der Waals surface area contributed by atoms with Crippen molar-refractivity contribution in [1.82, 2.24) is 15.1 Å². The Labute approximate surface area is 142 Å². The van der Waals surface area contributed by atoms with Gasteiger partial charge in [-0.3, -0.25) is 9.69 Å². The van der Waals surface area contributed by atoms with Gasteiger partial charge in [0.15, 0.2) is 0 Å². The van der Waals surface area contributed by atoms with Gasteiger partial charge in [0.05, 0.1) is 12.5 Å². The average Bonchev–Trinajstić information content (AvgIpc) is 2.45. The van der Waals surface area contributed by atoms with Gasteiger partial charge < -0.3 is 10.2 Å². The second-order valence-electron chi connectivity index (χ2n) is 7.86. The quantitative estimate of drug-likeness (QED) is 0.847. The van der Waals surface area contributed by atoms with Crippen LogP contribution in [0.1, 0.15) is 40.0 Å². The summed E-state index contributed by atoms with van der Waals surface area (Å²) in [6, 6.07) is 0.195. The van der Waals surface area contributed by atoms with Crippen LogP contribution < -0.4 is 5.32 Å². The number of piperidine rings is 2. The highest BCUT2D eigenvalue weighted by atomic mass is 19.4. The van der Waals surface area contributed by atoms with E-state index >= 15 is 0 Å². The van der Waals surface area contributed by atoms with E-state index in [1.54, 1.807) is 13.8 Å². The summed E-state index contributed by atoms with van der Waals surface area (Å²) in [6.07, 6.45) is -2.20. The van der Waals surface area contributed by atoms with Gasteiger partial charge >= 0.3 is 6.18 Å². The molecule has 2 aliphatic rings. The number of carbonyl (C=O) groups excluding carboxylic acids is 1. The summed E-state index contributed by atoms with van der Waals surface area (Å²) in [7, 11) is 0. The maximum atomic E-state index is 13.1. The molecule has 1 unspecified atom stereocenters. The van der Waals surface area contributed by atoms with Crippen molar-refractivity contribution in [2.45, 2.75) is 52.3 Å². The van der Waals surface area contributed by atoms with Gasteiger partial charge in [-0.15, -0.1) is 0 Å². The Morgan fingerprint density at radius 3 is 2.21 bits per heavy atom. The van der Waals surface area contributed by atoms with E-state index in [0.717, 1.165) is 32.5 Å². The zero-order valence-electron chi connectivity index (χ0n) is 15.0. The van der Waals surface area contributed by atoms with Crippen LogP contribution in [0.25, 0.3) is 0 Å². The van der Waals surface area contributed by atoms with Crippen molar-refractivity contribution in [3.8, 4) is 0 Å². The minimum atomic E-state index is -4.16. The van der Waals surface area contributed by atoms with Crippen LogP contribution in [0, 0.1) is 11.3 Å². The van der Waals surface area contributed by atoms with Crippen LogP contribution in [0.4, 0.5) is 13.2 Å². The van der Waals surface area contributed by atoms with Gasteiger partial charge in [-0.05, 0) is 37.8 Å². The average molecular weight is 349 g/mol. The van der Waals surface area contributed by atoms with Gasteiger partial charge in [0.2, 0.25) is 5.91 Å². The molecule has 0 aromatic heterocycles. The van der Waals surface area contributed by atoms with E-state index in [1.807, 2.05) is 4.90 Å². The molecule has 0 radical (unpaired) electrons. The fourth-order valence-corrected chi connectivity index (χ4v) is 4.08. The Kier molecular flexibility index (Phi) is 6.18. The lowest BCUT2D eigenvalue weighted by Crippen LogP contribution is -2.53. The highest BCUT2D eigenvalue weighted by molar-refractivity contribution is 5.78. The lowest BCUT2D eigenvalue weighted by atomic mass is 9.73. The van der Waals surface area contributed by atoms with E-state index in [0.29, 0.717) is 13.1 Å². The Balaban J connectivity index is 1.79. The minimum absolute atomic E-state index is 0.0637. The van der Waals surface area contributed by atoms with Crippen LogP contribution in [-0.4, -0.2) is 67.2 Å². The molecule has 4 nitrogen and oxygen atoms in total. The molecule has 0 spiro atoms. The zero-order valence-corrected chi connectivity index (χ0v) is 15.0. The maximum Gasteiger partial charge on any atom is 0.392 e. The van der Waals surface area contributed by atoms with Crippen molar-refractivity contribution < 1.29 is 18.0 Å². The van der Waals surface area contributed by atoms with Crippen LogP contribution in [0.5, 0.6) is 0 Å². The number of hydrogen-bond acceptors (Lipinski definition) is 3. The van der Waals surface area contributed by atoms with Gasteiger partial charge in [0.25, 0.3) is 0 Å². The smallest absolute Gasteiger partial charge is 0.352 e. The van der Waals surface area contributed by atoms with E-state index in [-0.39, 0.29) is 24.9 Å². The molecule has 0 aromatic rings. The first-order valence-corrected chi connectivity index (χ1v) is 8.92. The van der Waals surface area contributed by atoms with Gasteiger partial charge in [-0.1, -0.05) is 20.8 Å². The second kappa shape index (κ2) is 7.60. The lowest BCUT2D eigenvalue weighted by molar-refractivity contribution is -0.216. The molecule has 0 aliphatic carbocycles. The number of rotatable bonds is 4. The number of nitrogens with zero attached hydrogens (tertiary/aromatic N) is 2. The Morgan fingerprint density at radius 2 is 1.71 bits per heavy atom. The molecule has 2 saturated heterocycles. The molecule has 1 amide bonds. The molecule has 2 aliphatic heterocycles.